The van der Waals surface area contributed by atoms with Crippen molar-refractivity contribution >= 4 is 11.3 Å². The van der Waals surface area contributed by atoms with Crippen LogP contribution in [0.4, 0.5) is 0 Å². The molecule has 1 saturated carbocycles. The lowest BCUT2D eigenvalue weighted by atomic mass is 10.1. The monoisotopic (exact) mass is 239 g/mol. The fourth-order valence-electron chi connectivity index (χ4n) is 2.01. The third-order valence-corrected chi connectivity index (χ3v) is 4.21. The predicted octanol–water partition coefficient (Wildman–Crippen LogP) is 2.95. The smallest absolute Gasteiger partial charge is 0.0549 e. The first-order valence-electron chi connectivity index (χ1n) is 6.26. The van der Waals surface area contributed by atoms with Gasteiger partial charge in [0.05, 0.1) is 6.10 Å². The molecule has 2 atom stereocenters. The SMILES string of the molecule is CCC(O)CCNC(c1cccs1)C1CC1. The largest absolute Gasteiger partial charge is 0.393 e. The van der Waals surface area contributed by atoms with Gasteiger partial charge in [0.25, 0.3) is 0 Å². The van der Waals surface area contributed by atoms with Gasteiger partial charge >= 0.3 is 0 Å². The normalized spacial score (nSPS) is 19.6. The van der Waals surface area contributed by atoms with Gasteiger partial charge < -0.3 is 10.4 Å². The van der Waals surface area contributed by atoms with Crippen molar-refractivity contribution in [3.05, 3.63) is 22.4 Å². The Morgan fingerprint density at radius 3 is 2.94 bits per heavy atom. The number of hydrogen-bond acceptors (Lipinski definition) is 3. The van der Waals surface area contributed by atoms with Crippen LogP contribution in [0.1, 0.15) is 43.5 Å². The van der Waals surface area contributed by atoms with Crippen molar-refractivity contribution in [1.29, 1.82) is 0 Å². The second-order valence-corrected chi connectivity index (χ2v) is 5.61. The lowest BCUT2D eigenvalue weighted by molar-refractivity contribution is 0.158. The summed E-state index contributed by atoms with van der Waals surface area (Å²) in [6, 6.07) is 4.87. The quantitative estimate of drug-likeness (QED) is 0.767. The molecule has 0 saturated heterocycles. The molecular weight excluding hydrogens is 218 g/mol. The Kier molecular flexibility index (Phi) is 4.38. The summed E-state index contributed by atoms with van der Waals surface area (Å²) < 4.78 is 0. The second-order valence-electron chi connectivity index (χ2n) is 4.64. The maximum atomic E-state index is 9.52. The van der Waals surface area contributed by atoms with Crippen LogP contribution in [-0.4, -0.2) is 17.8 Å². The summed E-state index contributed by atoms with van der Waals surface area (Å²) in [4.78, 5) is 1.45. The van der Waals surface area contributed by atoms with Gasteiger partial charge in [0, 0.05) is 10.9 Å². The number of hydrogen-bond donors (Lipinski definition) is 2. The van der Waals surface area contributed by atoms with Crippen LogP contribution < -0.4 is 5.32 Å². The summed E-state index contributed by atoms with van der Waals surface area (Å²) in [6.07, 6.45) is 4.29. The van der Waals surface area contributed by atoms with Crippen LogP contribution in [0.2, 0.25) is 0 Å². The van der Waals surface area contributed by atoms with Crippen LogP contribution in [0.15, 0.2) is 17.5 Å². The maximum absolute atomic E-state index is 9.52. The standard InChI is InChI=1S/C13H21NOS/c1-2-11(15)7-8-14-13(10-5-6-10)12-4-3-9-16-12/h3-4,9-11,13-15H,2,5-8H2,1H3. The van der Waals surface area contributed by atoms with Crippen molar-refractivity contribution in [2.45, 2.75) is 44.8 Å². The Morgan fingerprint density at radius 1 is 1.56 bits per heavy atom. The lowest BCUT2D eigenvalue weighted by Crippen LogP contribution is -2.26. The van der Waals surface area contributed by atoms with Crippen molar-refractivity contribution < 1.29 is 5.11 Å². The molecule has 1 aliphatic rings. The highest BCUT2D eigenvalue weighted by atomic mass is 32.1. The van der Waals surface area contributed by atoms with Gasteiger partial charge in [-0.1, -0.05) is 13.0 Å². The molecule has 1 heterocycles. The highest BCUT2D eigenvalue weighted by Gasteiger charge is 2.32. The van der Waals surface area contributed by atoms with Gasteiger partial charge in [0.1, 0.15) is 0 Å². The molecule has 0 spiro atoms. The van der Waals surface area contributed by atoms with Crippen molar-refractivity contribution in [2.24, 2.45) is 5.92 Å². The van der Waals surface area contributed by atoms with Crippen LogP contribution in [0.5, 0.6) is 0 Å². The first kappa shape index (κ1) is 12.1. The summed E-state index contributed by atoms with van der Waals surface area (Å²) >= 11 is 1.84. The van der Waals surface area contributed by atoms with E-state index in [9.17, 15) is 5.11 Å². The van der Waals surface area contributed by atoms with Crippen molar-refractivity contribution in [3.63, 3.8) is 0 Å². The lowest BCUT2D eigenvalue weighted by Gasteiger charge is -2.17. The van der Waals surface area contributed by atoms with Gasteiger partial charge in [0.2, 0.25) is 0 Å². The summed E-state index contributed by atoms with van der Waals surface area (Å²) in [5.74, 6) is 0.831. The average molecular weight is 239 g/mol. The topological polar surface area (TPSA) is 32.3 Å². The van der Waals surface area contributed by atoms with E-state index in [4.69, 9.17) is 0 Å². The minimum Gasteiger partial charge on any atom is -0.393 e. The molecule has 1 aromatic rings. The van der Waals surface area contributed by atoms with Crippen molar-refractivity contribution in [3.8, 4) is 0 Å². The molecule has 0 bridgehead atoms. The van der Waals surface area contributed by atoms with E-state index >= 15 is 0 Å². The van der Waals surface area contributed by atoms with Gasteiger partial charge in [0.15, 0.2) is 0 Å². The van der Waals surface area contributed by atoms with Crippen LogP contribution in [0.3, 0.4) is 0 Å². The molecule has 0 aromatic carbocycles. The van der Waals surface area contributed by atoms with Gasteiger partial charge in [-0.15, -0.1) is 11.3 Å². The van der Waals surface area contributed by atoms with E-state index in [-0.39, 0.29) is 6.10 Å². The fraction of sp³-hybridized carbons (Fsp3) is 0.692. The zero-order chi connectivity index (χ0) is 11.4. The Morgan fingerprint density at radius 2 is 2.38 bits per heavy atom. The Labute approximate surface area is 102 Å². The van der Waals surface area contributed by atoms with Crippen molar-refractivity contribution in [1.82, 2.24) is 5.32 Å². The van der Waals surface area contributed by atoms with E-state index in [0.29, 0.717) is 6.04 Å². The number of nitrogens with one attached hydrogen (secondary N) is 1. The third-order valence-electron chi connectivity index (χ3n) is 3.26. The molecule has 0 amide bonds. The molecule has 0 aliphatic heterocycles. The summed E-state index contributed by atoms with van der Waals surface area (Å²) in [6.45, 7) is 2.95. The van der Waals surface area contributed by atoms with E-state index in [1.54, 1.807) is 0 Å². The van der Waals surface area contributed by atoms with Crippen LogP contribution in [-0.2, 0) is 0 Å². The summed E-state index contributed by atoms with van der Waals surface area (Å²) in [5.41, 5.74) is 0. The Balaban J connectivity index is 1.80. The van der Waals surface area contributed by atoms with Gasteiger partial charge in [-0.3, -0.25) is 0 Å². The molecule has 1 aliphatic carbocycles. The van der Waals surface area contributed by atoms with Crippen LogP contribution >= 0.6 is 11.3 Å². The third kappa shape index (κ3) is 3.30. The number of thiophene rings is 1. The Hall–Kier alpha value is -0.380. The molecule has 90 valence electrons. The number of rotatable bonds is 7. The van der Waals surface area contributed by atoms with Crippen LogP contribution in [0.25, 0.3) is 0 Å². The molecule has 2 N–H and O–H groups in total. The van der Waals surface area contributed by atoms with Crippen LogP contribution in [0, 0.1) is 5.92 Å². The first-order chi connectivity index (χ1) is 7.81. The zero-order valence-corrected chi connectivity index (χ0v) is 10.7. The minimum absolute atomic E-state index is 0.143. The van der Waals surface area contributed by atoms with E-state index in [2.05, 4.69) is 22.8 Å². The predicted molar refractivity (Wildman–Crippen MR) is 68.7 cm³/mol. The molecular formula is C13H21NOS. The van der Waals surface area contributed by atoms with Gasteiger partial charge in [-0.05, 0) is 49.6 Å². The molecule has 3 heteroatoms. The van der Waals surface area contributed by atoms with E-state index in [1.165, 1.54) is 17.7 Å². The highest BCUT2D eigenvalue weighted by molar-refractivity contribution is 7.10. The van der Waals surface area contributed by atoms with Gasteiger partial charge in [-0.2, -0.15) is 0 Å². The molecule has 0 radical (unpaired) electrons. The molecule has 16 heavy (non-hydrogen) atoms. The van der Waals surface area contributed by atoms with E-state index in [1.807, 2.05) is 18.3 Å². The number of aliphatic hydroxyl groups excluding tert-OH is 1. The maximum Gasteiger partial charge on any atom is 0.0549 e. The van der Waals surface area contributed by atoms with E-state index in [0.717, 1.165) is 25.3 Å². The summed E-state index contributed by atoms with van der Waals surface area (Å²) in [5, 5.41) is 15.3. The summed E-state index contributed by atoms with van der Waals surface area (Å²) in [7, 11) is 0. The molecule has 2 rings (SSSR count). The second kappa shape index (κ2) is 5.80. The molecule has 1 fully saturated rings. The van der Waals surface area contributed by atoms with Gasteiger partial charge in [-0.25, -0.2) is 0 Å². The first-order valence-corrected chi connectivity index (χ1v) is 7.14. The number of aliphatic hydroxyl groups is 1. The Bertz CT molecular complexity index is 295. The zero-order valence-electron chi connectivity index (χ0n) is 9.86. The average Bonchev–Trinajstić information content (AvgIpc) is 2.99. The molecule has 2 nitrogen and oxygen atoms in total. The molecule has 2 unspecified atom stereocenters. The fourth-order valence-corrected chi connectivity index (χ4v) is 2.90. The van der Waals surface area contributed by atoms with E-state index < -0.39 is 0 Å². The van der Waals surface area contributed by atoms with Crippen molar-refractivity contribution in [2.75, 3.05) is 6.54 Å². The molecule has 1 aromatic heterocycles. The highest BCUT2D eigenvalue weighted by Crippen LogP contribution is 2.42. The minimum atomic E-state index is -0.143.